The highest BCUT2D eigenvalue weighted by molar-refractivity contribution is 7.96. The van der Waals surface area contributed by atoms with E-state index in [0.717, 1.165) is 42.6 Å². The molecule has 5 nitrogen and oxygen atoms in total. The Morgan fingerprint density at radius 2 is 1.97 bits per heavy atom. The minimum Gasteiger partial charge on any atom is -0.393 e. The monoisotopic (exact) mass is 482 g/mol. The molecule has 0 unspecified atom stereocenters. The van der Waals surface area contributed by atoms with Gasteiger partial charge >= 0.3 is 0 Å². The van der Waals surface area contributed by atoms with E-state index in [1.807, 2.05) is 17.8 Å². The van der Waals surface area contributed by atoms with Crippen LogP contribution in [0.1, 0.15) is 57.2 Å². The SMILES string of the molecule is C[C@]12Cc3cnn(-c4ccc(F)cc4)c3C=C1CC[C@@H]1[C@@H]2[C@@H](O)C[C@@]2(C)[C@H]1CC[C@]2(O)C(=O)S. The van der Waals surface area contributed by atoms with Crippen LogP contribution in [0.25, 0.3) is 11.8 Å². The first-order valence-electron chi connectivity index (χ1n) is 12.3. The zero-order chi connectivity index (χ0) is 24.0. The number of nitrogens with zero attached hydrogens (tertiary/aromatic N) is 2. The highest BCUT2D eigenvalue weighted by Crippen LogP contribution is 2.67. The fourth-order valence-corrected chi connectivity index (χ4v) is 8.70. The zero-order valence-electron chi connectivity index (χ0n) is 19.5. The molecule has 4 aliphatic carbocycles. The number of aliphatic hydroxyl groups is 2. The van der Waals surface area contributed by atoms with Gasteiger partial charge in [-0.25, -0.2) is 9.07 Å². The number of allylic oxidation sites excluding steroid dienone is 1. The fraction of sp³-hybridized carbons (Fsp3) is 0.556. The molecule has 6 rings (SSSR count). The lowest BCUT2D eigenvalue weighted by Gasteiger charge is -2.60. The highest BCUT2D eigenvalue weighted by Gasteiger charge is 2.68. The van der Waals surface area contributed by atoms with Crippen LogP contribution < -0.4 is 0 Å². The molecule has 0 radical (unpaired) electrons. The molecule has 0 spiro atoms. The topological polar surface area (TPSA) is 75.3 Å². The Hall–Kier alpha value is -1.96. The first-order valence-corrected chi connectivity index (χ1v) is 12.7. The summed E-state index contributed by atoms with van der Waals surface area (Å²) in [6, 6.07) is 6.37. The minimum atomic E-state index is -1.47. The van der Waals surface area contributed by atoms with Crippen LogP contribution in [-0.2, 0) is 11.2 Å². The van der Waals surface area contributed by atoms with Gasteiger partial charge in [0.25, 0.3) is 0 Å². The zero-order valence-corrected chi connectivity index (χ0v) is 20.4. The van der Waals surface area contributed by atoms with Crippen molar-refractivity contribution >= 4 is 23.8 Å². The summed E-state index contributed by atoms with van der Waals surface area (Å²) in [4.78, 5) is 12.4. The Bertz CT molecular complexity index is 1210. The third kappa shape index (κ3) is 2.80. The molecule has 3 fully saturated rings. The van der Waals surface area contributed by atoms with Gasteiger partial charge in [0, 0.05) is 5.41 Å². The Kier molecular flexibility index (Phi) is 4.82. The first-order chi connectivity index (χ1) is 16.1. The van der Waals surface area contributed by atoms with Crippen molar-refractivity contribution in [3.8, 4) is 5.69 Å². The number of aromatic nitrogens is 2. The number of fused-ring (bicyclic) bond motifs is 6. The average Bonchev–Trinajstić information content (AvgIpc) is 3.30. The Labute approximate surface area is 204 Å². The summed E-state index contributed by atoms with van der Waals surface area (Å²) in [6.07, 6.45) is 7.77. The molecule has 7 atom stereocenters. The van der Waals surface area contributed by atoms with Crippen LogP contribution in [0.15, 0.2) is 36.0 Å². The van der Waals surface area contributed by atoms with E-state index < -0.39 is 22.2 Å². The average molecular weight is 483 g/mol. The molecular formula is C27H31FN2O3S. The number of aliphatic hydroxyl groups excluding tert-OH is 1. The number of hydrogen-bond donors (Lipinski definition) is 3. The van der Waals surface area contributed by atoms with Crippen molar-refractivity contribution in [1.82, 2.24) is 9.78 Å². The van der Waals surface area contributed by atoms with Gasteiger partial charge in [0.15, 0.2) is 0 Å². The standard InChI is InChI=1S/C27H31FN2O3S/c1-25-12-15-14-29-30(18-6-4-17(28)5-7-18)21(15)11-16(25)3-8-19-20-9-10-27(33,24(32)34)26(20,2)13-22(31)23(19)25/h4-7,11,14,19-20,22-23,31,33H,3,8-10,12-13H2,1-2H3,(H,32,34)/t19-,20-,22-,23+,25-,26-,27-/m0/s1. The smallest absolute Gasteiger partial charge is 0.218 e. The molecule has 180 valence electrons. The lowest BCUT2D eigenvalue weighted by atomic mass is 9.45. The molecule has 1 heterocycles. The van der Waals surface area contributed by atoms with Gasteiger partial charge in [-0.3, -0.25) is 4.79 Å². The first kappa shape index (κ1) is 22.5. The second-order valence-corrected chi connectivity index (χ2v) is 11.8. The van der Waals surface area contributed by atoms with E-state index in [-0.39, 0.29) is 29.0 Å². The molecule has 0 aliphatic heterocycles. The van der Waals surface area contributed by atoms with Crippen LogP contribution in [0.3, 0.4) is 0 Å². The number of thiol groups is 1. The van der Waals surface area contributed by atoms with Crippen LogP contribution in [-0.4, -0.2) is 36.8 Å². The number of benzene rings is 1. The maximum absolute atomic E-state index is 13.4. The molecule has 2 N–H and O–H groups in total. The summed E-state index contributed by atoms with van der Waals surface area (Å²) < 4.78 is 15.3. The quantitative estimate of drug-likeness (QED) is 0.557. The van der Waals surface area contributed by atoms with Gasteiger partial charge in [-0.15, -0.1) is 12.6 Å². The summed E-state index contributed by atoms with van der Waals surface area (Å²) in [5, 5.41) is 27.0. The van der Waals surface area contributed by atoms with E-state index in [0.29, 0.717) is 12.8 Å². The predicted octanol–water partition coefficient (Wildman–Crippen LogP) is 4.35. The van der Waals surface area contributed by atoms with Crippen molar-refractivity contribution in [2.45, 2.75) is 64.1 Å². The van der Waals surface area contributed by atoms with Crippen LogP contribution in [0.2, 0.25) is 0 Å². The normalized spacial score (nSPS) is 40.6. The maximum Gasteiger partial charge on any atom is 0.218 e. The number of carbonyl (C=O) groups excluding carboxylic acids is 1. The number of halogens is 1. The second-order valence-electron chi connectivity index (χ2n) is 11.4. The summed E-state index contributed by atoms with van der Waals surface area (Å²) in [5.74, 6) is 0.214. The number of hydrogen-bond acceptors (Lipinski definition) is 4. The fourth-order valence-electron chi connectivity index (χ4n) is 8.33. The van der Waals surface area contributed by atoms with Crippen LogP contribution in [0.5, 0.6) is 0 Å². The van der Waals surface area contributed by atoms with Crippen molar-refractivity contribution in [2.75, 3.05) is 0 Å². The largest absolute Gasteiger partial charge is 0.393 e. The minimum absolute atomic E-state index is 0.0604. The molecule has 34 heavy (non-hydrogen) atoms. The predicted molar refractivity (Wildman–Crippen MR) is 130 cm³/mol. The molecule has 0 saturated heterocycles. The molecule has 7 heteroatoms. The molecular weight excluding hydrogens is 451 g/mol. The number of rotatable bonds is 2. The van der Waals surface area contributed by atoms with E-state index >= 15 is 0 Å². The van der Waals surface area contributed by atoms with E-state index in [2.05, 4.69) is 30.7 Å². The van der Waals surface area contributed by atoms with Gasteiger partial charge in [0.2, 0.25) is 5.12 Å². The van der Waals surface area contributed by atoms with E-state index in [1.54, 1.807) is 12.1 Å². The summed E-state index contributed by atoms with van der Waals surface area (Å²) >= 11 is 4.05. The second kappa shape index (κ2) is 7.28. The van der Waals surface area contributed by atoms with Crippen LogP contribution in [0, 0.1) is 34.4 Å². The Morgan fingerprint density at radius 3 is 2.68 bits per heavy atom. The van der Waals surface area contributed by atoms with Crippen LogP contribution >= 0.6 is 12.6 Å². The van der Waals surface area contributed by atoms with Crippen molar-refractivity contribution in [1.29, 1.82) is 0 Å². The van der Waals surface area contributed by atoms with Crippen LogP contribution in [0.4, 0.5) is 4.39 Å². The van der Waals surface area contributed by atoms with Gasteiger partial charge in [0.05, 0.1) is 23.7 Å². The van der Waals surface area contributed by atoms with E-state index in [1.165, 1.54) is 17.7 Å². The Balaban J connectivity index is 1.38. The molecule has 4 aliphatic rings. The van der Waals surface area contributed by atoms with E-state index in [9.17, 15) is 19.4 Å². The van der Waals surface area contributed by atoms with Crippen molar-refractivity contribution < 1.29 is 19.4 Å². The summed E-state index contributed by atoms with van der Waals surface area (Å²) in [5.41, 5.74) is 1.97. The van der Waals surface area contributed by atoms with Gasteiger partial charge in [0.1, 0.15) is 11.4 Å². The van der Waals surface area contributed by atoms with E-state index in [4.69, 9.17) is 0 Å². The maximum atomic E-state index is 13.4. The van der Waals surface area contributed by atoms with Crippen molar-refractivity contribution in [3.05, 3.63) is 53.1 Å². The lowest BCUT2D eigenvalue weighted by molar-refractivity contribution is -0.173. The third-order valence-corrected chi connectivity index (χ3v) is 10.4. The lowest BCUT2D eigenvalue weighted by Crippen LogP contribution is -2.61. The Morgan fingerprint density at radius 1 is 1.24 bits per heavy atom. The summed E-state index contributed by atoms with van der Waals surface area (Å²) in [7, 11) is 0. The highest BCUT2D eigenvalue weighted by atomic mass is 32.1. The van der Waals surface area contributed by atoms with Gasteiger partial charge in [-0.1, -0.05) is 19.4 Å². The van der Waals surface area contributed by atoms with Crippen molar-refractivity contribution in [2.24, 2.45) is 28.6 Å². The van der Waals surface area contributed by atoms with Gasteiger partial charge < -0.3 is 10.2 Å². The molecule has 1 aromatic carbocycles. The third-order valence-electron chi connectivity index (χ3n) is 10.0. The summed E-state index contributed by atoms with van der Waals surface area (Å²) in [6.45, 7) is 4.25. The molecule has 0 bridgehead atoms. The molecule has 2 aromatic rings. The number of carbonyl (C=O) groups is 1. The van der Waals surface area contributed by atoms with Crippen molar-refractivity contribution in [3.63, 3.8) is 0 Å². The molecule has 1 aromatic heterocycles. The van der Waals surface area contributed by atoms with Gasteiger partial charge in [-0.05, 0) is 97.6 Å². The molecule has 0 amide bonds. The molecule has 3 saturated carbocycles. The van der Waals surface area contributed by atoms with Gasteiger partial charge in [-0.2, -0.15) is 5.10 Å².